The van der Waals surface area contributed by atoms with E-state index in [9.17, 15) is 13.6 Å². The van der Waals surface area contributed by atoms with Gasteiger partial charge in [0.1, 0.15) is 11.9 Å². The second-order valence-electron chi connectivity index (χ2n) is 3.25. The third-order valence-corrected chi connectivity index (χ3v) is 1.75. The molecule has 0 aliphatic heterocycles. The summed E-state index contributed by atoms with van der Waals surface area (Å²) < 4.78 is 26.0. The van der Waals surface area contributed by atoms with Crippen molar-refractivity contribution < 1.29 is 31.1 Å². The minimum absolute atomic E-state index is 0. The molecule has 1 atom stereocenters. The molecule has 100 valence electrons. The number of allylic oxidation sites excluding steroid dienone is 1. The minimum Gasteiger partial charge on any atom is -1.00 e. The molecule has 0 aromatic heterocycles. The smallest absolute Gasteiger partial charge is 0.320 e. The van der Waals surface area contributed by atoms with Crippen LogP contribution in [0.3, 0.4) is 0 Å². The number of carbonyl (C=O) groups is 1. The molecule has 0 aliphatic carbocycles. The van der Waals surface area contributed by atoms with Crippen molar-refractivity contribution >= 4 is 11.8 Å². The van der Waals surface area contributed by atoms with Crippen LogP contribution in [0.25, 0.3) is 0 Å². The van der Waals surface area contributed by atoms with Gasteiger partial charge in [-0.25, -0.2) is 8.78 Å². The van der Waals surface area contributed by atoms with Gasteiger partial charge >= 0.3 is 5.97 Å². The lowest BCUT2D eigenvalue weighted by Crippen LogP contribution is -3.00. The van der Waals surface area contributed by atoms with Crippen LogP contribution >= 0.6 is 0 Å². The Morgan fingerprint density at radius 3 is 2.35 bits per heavy atom. The fourth-order valence-electron chi connectivity index (χ4n) is 0.821. The van der Waals surface area contributed by atoms with Gasteiger partial charge in [0, 0.05) is 6.42 Å². The molecule has 0 rings (SSSR count). The fourth-order valence-corrected chi connectivity index (χ4v) is 0.821. The van der Waals surface area contributed by atoms with Crippen LogP contribution in [0.15, 0.2) is 16.6 Å². The molecule has 0 bridgehead atoms. The number of amidine groups is 1. The first-order valence-corrected chi connectivity index (χ1v) is 4.62. The van der Waals surface area contributed by atoms with Crippen molar-refractivity contribution in [3.63, 3.8) is 0 Å². The van der Waals surface area contributed by atoms with Gasteiger partial charge in [-0.2, -0.15) is 0 Å². The summed E-state index contributed by atoms with van der Waals surface area (Å²) in [4.78, 5) is 13.8. The van der Waals surface area contributed by atoms with Crippen molar-refractivity contribution in [2.24, 2.45) is 16.5 Å². The average molecular weight is 271 g/mol. The number of nitrogens with two attached hydrogens (primary N) is 2. The maximum atomic E-state index is 13.0. The monoisotopic (exact) mass is 270 g/mol. The van der Waals surface area contributed by atoms with E-state index < -0.39 is 30.2 Å². The Kier molecular flexibility index (Phi) is 9.49. The van der Waals surface area contributed by atoms with Gasteiger partial charge in [0.05, 0.1) is 12.4 Å². The molecule has 0 saturated carbocycles. The molecule has 17 heavy (non-hydrogen) atoms. The number of carboxylic acids is 1. The summed E-state index contributed by atoms with van der Waals surface area (Å²) in [5.41, 5.74) is 10.3. The molecule has 8 heteroatoms. The van der Waals surface area contributed by atoms with E-state index in [2.05, 4.69) is 4.99 Å². The topological polar surface area (TPSA) is 102 Å². The Bertz CT molecular complexity index is 317. The first-order valence-electron chi connectivity index (χ1n) is 4.62. The number of hydrogen-bond acceptors (Lipinski definition) is 3. The lowest BCUT2D eigenvalue weighted by Gasteiger charge is -2.04. The number of aliphatic carboxylic acids is 1. The van der Waals surface area contributed by atoms with E-state index in [0.717, 1.165) is 0 Å². The third-order valence-electron chi connectivity index (χ3n) is 1.75. The second-order valence-corrected chi connectivity index (χ2v) is 3.25. The number of rotatable bonds is 6. The normalized spacial score (nSPS) is 14.7. The van der Waals surface area contributed by atoms with E-state index >= 15 is 0 Å². The summed E-state index contributed by atoms with van der Waals surface area (Å²) in [6.07, 6.45) is -0.529. The molecule has 0 saturated heterocycles. The van der Waals surface area contributed by atoms with Crippen LogP contribution in [0.2, 0.25) is 0 Å². The van der Waals surface area contributed by atoms with Crippen molar-refractivity contribution in [2.75, 3.05) is 6.54 Å². The summed E-state index contributed by atoms with van der Waals surface area (Å²) in [7, 11) is 0. The summed E-state index contributed by atoms with van der Waals surface area (Å²) in [6, 6.07) is -1.20. The van der Waals surface area contributed by atoms with Gasteiger partial charge in [-0.1, -0.05) is 0 Å². The molecule has 0 radical (unpaired) electrons. The Morgan fingerprint density at radius 1 is 1.41 bits per heavy atom. The van der Waals surface area contributed by atoms with Gasteiger partial charge in [0.15, 0.2) is 5.83 Å². The highest BCUT2D eigenvalue weighted by Gasteiger charge is 2.14. The molecule has 0 aromatic rings. The molecular formula is C9H15ClF2N3O2-. The molecule has 0 fully saturated rings. The number of nitrogens with zero attached hydrogens (tertiary/aromatic N) is 1. The van der Waals surface area contributed by atoms with Gasteiger partial charge < -0.3 is 29.0 Å². The van der Waals surface area contributed by atoms with E-state index in [0.29, 0.717) is 0 Å². The van der Waals surface area contributed by atoms with Crippen molar-refractivity contribution in [3.8, 4) is 0 Å². The second kappa shape index (κ2) is 8.89. The van der Waals surface area contributed by atoms with Gasteiger partial charge in [-0.3, -0.25) is 9.79 Å². The van der Waals surface area contributed by atoms with Crippen molar-refractivity contribution in [3.05, 3.63) is 11.7 Å². The first kappa shape index (κ1) is 18.2. The van der Waals surface area contributed by atoms with Crippen LogP contribution in [0.5, 0.6) is 0 Å². The molecule has 5 nitrogen and oxygen atoms in total. The van der Waals surface area contributed by atoms with Crippen molar-refractivity contribution in [2.45, 2.75) is 25.8 Å². The summed E-state index contributed by atoms with van der Waals surface area (Å²) in [6.45, 7) is 0.974. The zero-order chi connectivity index (χ0) is 12.7. The highest BCUT2D eigenvalue weighted by Crippen LogP contribution is 2.15. The average Bonchev–Trinajstić information content (AvgIpc) is 2.21. The van der Waals surface area contributed by atoms with Gasteiger partial charge in [0.25, 0.3) is 0 Å². The summed E-state index contributed by atoms with van der Waals surface area (Å²) in [5.74, 6) is -3.20. The SMILES string of the molecule is CC(N)=NC/C(F)=C(\F)CC[C@@H](N)C(=O)O.[Cl-]. The van der Waals surface area contributed by atoms with Crippen LogP contribution in [-0.4, -0.2) is 29.5 Å². The molecule has 0 amide bonds. The van der Waals surface area contributed by atoms with Crippen LogP contribution in [0.4, 0.5) is 8.78 Å². The largest absolute Gasteiger partial charge is 1.00 e. The van der Waals surface area contributed by atoms with Crippen molar-refractivity contribution in [1.29, 1.82) is 0 Å². The molecule has 0 heterocycles. The van der Waals surface area contributed by atoms with Crippen LogP contribution in [0.1, 0.15) is 19.8 Å². The highest BCUT2D eigenvalue weighted by atomic mass is 35.5. The Labute approximate surface area is 104 Å². The molecule has 0 spiro atoms. The minimum atomic E-state index is -1.25. The maximum absolute atomic E-state index is 13.0. The highest BCUT2D eigenvalue weighted by molar-refractivity contribution is 5.77. The molecule has 0 unspecified atom stereocenters. The summed E-state index contributed by atoms with van der Waals surface area (Å²) in [5, 5.41) is 8.41. The van der Waals surface area contributed by atoms with E-state index in [4.69, 9.17) is 16.6 Å². The van der Waals surface area contributed by atoms with E-state index in [1.807, 2.05) is 0 Å². The molecule has 0 aromatic carbocycles. The van der Waals surface area contributed by atoms with Crippen LogP contribution < -0.4 is 23.9 Å². The number of hydrogen-bond donors (Lipinski definition) is 3. The molecular weight excluding hydrogens is 256 g/mol. The number of carboxylic acid groups (broad SMARTS) is 1. The Balaban J connectivity index is 0. The molecule has 0 aliphatic rings. The van der Waals surface area contributed by atoms with E-state index in [1.54, 1.807) is 0 Å². The fraction of sp³-hybridized carbons (Fsp3) is 0.556. The number of aliphatic imine (C=N–C) groups is 1. The predicted octanol–water partition coefficient (Wildman–Crippen LogP) is -2.29. The third kappa shape index (κ3) is 8.58. The summed E-state index contributed by atoms with van der Waals surface area (Å²) >= 11 is 0. The predicted molar refractivity (Wildman–Crippen MR) is 56.3 cm³/mol. The van der Waals surface area contributed by atoms with Crippen LogP contribution in [-0.2, 0) is 4.79 Å². The Hall–Kier alpha value is -1.21. The van der Waals surface area contributed by atoms with E-state index in [-0.39, 0.29) is 31.1 Å². The van der Waals surface area contributed by atoms with Crippen LogP contribution in [0, 0.1) is 0 Å². The number of halogens is 3. The van der Waals surface area contributed by atoms with Gasteiger partial charge in [-0.05, 0) is 13.3 Å². The molecule has 5 N–H and O–H groups in total. The standard InChI is InChI=1S/C9H15F2N3O2.ClH/c1-5(12)14-4-7(11)6(10)2-3-8(13)9(15)16;/h8H,2-4,13H2,1H3,(H2,12,14)(H,15,16);1H/p-1/b7-6+;/t8-;/m1./s1. The quantitative estimate of drug-likeness (QED) is 0.373. The van der Waals surface area contributed by atoms with E-state index in [1.165, 1.54) is 6.92 Å². The van der Waals surface area contributed by atoms with Gasteiger partial charge in [-0.15, -0.1) is 0 Å². The maximum Gasteiger partial charge on any atom is 0.320 e. The van der Waals surface area contributed by atoms with Crippen molar-refractivity contribution in [1.82, 2.24) is 0 Å². The first-order chi connectivity index (χ1) is 7.34. The lowest BCUT2D eigenvalue weighted by molar-refractivity contribution is -0.138. The van der Waals surface area contributed by atoms with Gasteiger partial charge in [0.2, 0.25) is 0 Å². The Morgan fingerprint density at radius 2 is 1.94 bits per heavy atom. The zero-order valence-corrected chi connectivity index (χ0v) is 10.0. The zero-order valence-electron chi connectivity index (χ0n) is 9.29. The lowest BCUT2D eigenvalue weighted by atomic mass is 10.1.